The van der Waals surface area contributed by atoms with Crippen molar-refractivity contribution in [3.63, 3.8) is 0 Å². The molecule has 0 fully saturated rings. The number of sulfonamides is 1. The number of aromatic nitrogens is 1. The van der Waals surface area contributed by atoms with Gasteiger partial charge in [-0.25, -0.2) is 18.1 Å². The van der Waals surface area contributed by atoms with Crippen LogP contribution in [-0.4, -0.2) is 44.5 Å². The van der Waals surface area contributed by atoms with Crippen LogP contribution in [0.15, 0.2) is 23.2 Å². The maximum Gasteiger partial charge on any atom is 0.243 e. The number of hydrogen-bond donors (Lipinski definition) is 1. The lowest BCUT2D eigenvalue weighted by atomic mass is 10.5. The van der Waals surface area contributed by atoms with Crippen molar-refractivity contribution in [2.75, 3.05) is 26.2 Å². The third kappa shape index (κ3) is 4.20. The van der Waals surface area contributed by atoms with Crippen LogP contribution >= 0.6 is 11.6 Å². The number of likely N-dealkylation sites (N-methyl/N-ethyl adjacent to an activating group) is 1. The molecule has 1 aromatic heterocycles. The number of halogens is 1. The lowest BCUT2D eigenvalue weighted by Crippen LogP contribution is -2.34. The van der Waals surface area contributed by atoms with E-state index in [1.165, 1.54) is 12.3 Å². The zero-order valence-electron chi connectivity index (χ0n) is 10.6. The quantitative estimate of drug-likeness (QED) is 0.771. The van der Waals surface area contributed by atoms with Crippen molar-refractivity contribution in [3.05, 3.63) is 23.5 Å². The van der Waals surface area contributed by atoms with Crippen LogP contribution in [0.3, 0.4) is 0 Å². The molecule has 0 amide bonds. The van der Waals surface area contributed by atoms with E-state index in [1.54, 1.807) is 6.07 Å². The standard InChI is InChI=1S/C11H18ClN3O2S/c1-3-15(4-2)9-8-14-18(16,17)10-6-5-7-13-11(10)12/h5-7,14H,3-4,8-9H2,1-2H3. The average molecular weight is 292 g/mol. The average Bonchev–Trinajstić information content (AvgIpc) is 2.35. The number of hydrogen-bond acceptors (Lipinski definition) is 4. The molecule has 1 aromatic rings. The van der Waals surface area contributed by atoms with Crippen molar-refractivity contribution in [1.29, 1.82) is 0 Å². The van der Waals surface area contributed by atoms with Gasteiger partial charge in [-0.1, -0.05) is 25.4 Å². The lowest BCUT2D eigenvalue weighted by Gasteiger charge is -2.18. The van der Waals surface area contributed by atoms with Gasteiger partial charge in [-0.2, -0.15) is 0 Å². The van der Waals surface area contributed by atoms with E-state index in [-0.39, 0.29) is 10.0 Å². The Bertz CT molecular complexity index is 475. The van der Waals surface area contributed by atoms with E-state index in [4.69, 9.17) is 11.6 Å². The van der Waals surface area contributed by atoms with Crippen LogP contribution in [0, 0.1) is 0 Å². The van der Waals surface area contributed by atoms with Crippen molar-refractivity contribution in [1.82, 2.24) is 14.6 Å². The van der Waals surface area contributed by atoms with E-state index in [0.717, 1.165) is 13.1 Å². The minimum absolute atomic E-state index is 0.00663. The van der Waals surface area contributed by atoms with Gasteiger partial charge >= 0.3 is 0 Å². The Labute approximate surface area is 113 Å². The van der Waals surface area contributed by atoms with Crippen molar-refractivity contribution >= 4 is 21.6 Å². The van der Waals surface area contributed by atoms with Crippen LogP contribution in [0.5, 0.6) is 0 Å². The van der Waals surface area contributed by atoms with Crippen molar-refractivity contribution in [2.24, 2.45) is 0 Å². The Morgan fingerprint density at radius 2 is 2.06 bits per heavy atom. The minimum atomic E-state index is -3.57. The fourth-order valence-electron chi connectivity index (χ4n) is 1.53. The Balaban J connectivity index is 2.64. The molecule has 1 N–H and O–H groups in total. The van der Waals surface area contributed by atoms with Gasteiger partial charge in [0.2, 0.25) is 10.0 Å². The van der Waals surface area contributed by atoms with E-state index < -0.39 is 10.0 Å². The molecule has 0 spiro atoms. The first-order valence-corrected chi connectivity index (χ1v) is 7.70. The summed E-state index contributed by atoms with van der Waals surface area (Å²) in [4.78, 5) is 5.91. The van der Waals surface area contributed by atoms with Crippen molar-refractivity contribution in [3.8, 4) is 0 Å². The highest BCUT2D eigenvalue weighted by Crippen LogP contribution is 2.17. The van der Waals surface area contributed by atoms with Gasteiger partial charge in [-0.15, -0.1) is 0 Å². The summed E-state index contributed by atoms with van der Waals surface area (Å²) in [7, 11) is -3.57. The molecule has 7 heteroatoms. The Kier molecular flexibility index (Phi) is 6.01. The van der Waals surface area contributed by atoms with Gasteiger partial charge in [0, 0.05) is 19.3 Å². The zero-order valence-corrected chi connectivity index (χ0v) is 12.1. The van der Waals surface area contributed by atoms with E-state index in [2.05, 4.69) is 14.6 Å². The third-order valence-corrected chi connectivity index (χ3v) is 4.53. The van der Waals surface area contributed by atoms with Crippen LogP contribution in [0.1, 0.15) is 13.8 Å². The molecule has 0 aliphatic rings. The zero-order chi connectivity index (χ0) is 13.6. The van der Waals surface area contributed by atoms with E-state index >= 15 is 0 Å². The van der Waals surface area contributed by atoms with Crippen LogP contribution in [0.25, 0.3) is 0 Å². The second kappa shape index (κ2) is 7.04. The molecule has 102 valence electrons. The number of pyridine rings is 1. The number of nitrogens with one attached hydrogen (secondary N) is 1. The number of nitrogens with zero attached hydrogens (tertiary/aromatic N) is 2. The van der Waals surface area contributed by atoms with Crippen LogP contribution in [0.4, 0.5) is 0 Å². The van der Waals surface area contributed by atoms with Crippen LogP contribution in [0.2, 0.25) is 5.15 Å². The fraction of sp³-hybridized carbons (Fsp3) is 0.545. The summed E-state index contributed by atoms with van der Waals surface area (Å²) < 4.78 is 26.4. The maximum absolute atomic E-state index is 12.0. The minimum Gasteiger partial charge on any atom is -0.303 e. The Morgan fingerprint density at radius 1 is 1.39 bits per heavy atom. The van der Waals surface area contributed by atoms with E-state index in [0.29, 0.717) is 13.1 Å². The monoisotopic (exact) mass is 291 g/mol. The van der Waals surface area contributed by atoms with Crippen LogP contribution in [-0.2, 0) is 10.0 Å². The smallest absolute Gasteiger partial charge is 0.243 e. The van der Waals surface area contributed by atoms with Crippen molar-refractivity contribution in [2.45, 2.75) is 18.7 Å². The second-order valence-corrected chi connectivity index (χ2v) is 5.81. The molecule has 0 aliphatic heterocycles. The van der Waals surface area contributed by atoms with Gasteiger partial charge in [0.05, 0.1) is 0 Å². The molecule has 18 heavy (non-hydrogen) atoms. The summed E-state index contributed by atoms with van der Waals surface area (Å²) in [6, 6.07) is 2.99. The molecule has 0 unspecified atom stereocenters. The lowest BCUT2D eigenvalue weighted by molar-refractivity contribution is 0.309. The number of rotatable bonds is 7. The Hall–Kier alpha value is -0.690. The second-order valence-electron chi connectivity index (χ2n) is 3.72. The molecule has 0 aliphatic carbocycles. The van der Waals surface area contributed by atoms with E-state index in [1.807, 2.05) is 13.8 Å². The molecular weight excluding hydrogens is 274 g/mol. The van der Waals surface area contributed by atoms with Gasteiger partial charge < -0.3 is 4.90 Å². The molecule has 0 radical (unpaired) electrons. The summed E-state index contributed by atoms with van der Waals surface area (Å²) in [5.41, 5.74) is 0. The summed E-state index contributed by atoms with van der Waals surface area (Å²) in [5, 5.41) is -0.00663. The van der Waals surface area contributed by atoms with Crippen LogP contribution < -0.4 is 4.72 Å². The first-order chi connectivity index (χ1) is 8.51. The summed E-state index contributed by atoms with van der Waals surface area (Å²) in [6.07, 6.45) is 1.46. The molecule has 0 bridgehead atoms. The molecule has 1 heterocycles. The largest absolute Gasteiger partial charge is 0.303 e. The fourth-order valence-corrected chi connectivity index (χ4v) is 3.00. The van der Waals surface area contributed by atoms with Gasteiger partial charge in [-0.3, -0.25) is 0 Å². The van der Waals surface area contributed by atoms with Gasteiger partial charge in [0.1, 0.15) is 10.0 Å². The summed E-state index contributed by atoms with van der Waals surface area (Å²) in [5.74, 6) is 0. The predicted octanol–water partition coefficient (Wildman–Crippen LogP) is 1.36. The SMILES string of the molecule is CCN(CC)CCNS(=O)(=O)c1cccnc1Cl. The molecule has 0 saturated heterocycles. The van der Waals surface area contributed by atoms with E-state index in [9.17, 15) is 8.42 Å². The van der Waals surface area contributed by atoms with Crippen molar-refractivity contribution < 1.29 is 8.42 Å². The third-order valence-electron chi connectivity index (χ3n) is 2.63. The molecular formula is C11H18ClN3O2S. The normalized spacial score (nSPS) is 12.0. The topological polar surface area (TPSA) is 62.3 Å². The predicted molar refractivity (Wildman–Crippen MR) is 72.2 cm³/mol. The van der Waals surface area contributed by atoms with Gasteiger partial charge in [0.25, 0.3) is 0 Å². The van der Waals surface area contributed by atoms with Gasteiger partial charge in [-0.05, 0) is 25.2 Å². The maximum atomic E-state index is 12.0. The molecule has 0 atom stereocenters. The molecule has 1 rings (SSSR count). The molecule has 5 nitrogen and oxygen atoms in total. The van der Waals surface area contributed by atoms with Gasteiger partial charge in [0.15, 0.2) is 0 Å². The first-order valence-electron chi connectivity index (χ1n) is 5.83. The Morgan fingerprint density at radius 3 is 2.61 bits per heavy atom. The highest BCUT2D eigenvalue weighted by Gasteiger charge is 2.17. The highest BCUT2D eigenvalue weighted by molar-refractivity contribution is 7.89. The molecule has 0 aromatic carbocycles. The summed E-state index contributed by atoms with van der Waals surface area (Å²) in [6.45, 7) is 6.89. The highest BCUT2D eigenvalue weighted by atomic mass is 35.5. The first kappa shape index (κ1) is 15.4. The summed E-state index contributed by atoms with van der Waals surface area (Å²) >= 11 is 5.76. The molecule has 0 saturated carbocycles.